The fourth-order valence-electron chi connectivity index (χ4n) is 8.60. The summed E-state index contributed by atoms with van der Waals surface area (Å²) >= 11 is 0. The summed E-state index contributed by atoms with van der Waals surface area (Å²) in [6, 6.07) is 63.8. The zero-order valence-electron chi connectivity index (χ0n) is 30.0. The Balaban J connectivity index is 1.18. The van der Waals surface area contributed by atoms with Crippen molar-refractivity contribution in [2.75, 3.05) is 0 Å². The standard InChI is InChI=1S/C51H30N4O/c1-3-14-32(15-4-1)49-52-50(36-25-26-40-39-21-11-12-22-43(39)55(44(40)29-36)37-18-5-2-6-19-37)54-51(53-49)42-28-35-24-23-31-13-9-10-20-38(31)46(35)48-47(42)41-27-33-16-7-8-17-34(33)30-45(41)56-48/h1-30H. The van der Waals surface area contributed by atoms with Crippen LogP contribution in [0, 0.1) is 0 Å². The lowest BCUT2D eigenvalue weighted by atomic mass is 9.95. The molecule has 0 saturated heterocycles. The van der Waals surface area contributed by atoms with Crippen LogP contribution < -0.4 is 0 Å². The van der Waals surface area contributed by atoms with Gasteiger partial charge >= 0.3 is 0 Å². The molecule has 56 heavy (non-hydrogen) atoms. The fraction of sp³-hybridized carbons (Fsp3) is 0. The zero-order chi connectivity index (χ0) is 36.7. The molecule has 12 rings (SSSR count). The first-order valence-corrected chi connectivity index (χ1v) is 18.9. The van der Waals surface area contributed by atoms with Gasteiger partial charge in [-0.3, -0.25) is 0 Å². The summed E-state index contributed by atoms with van der Waals surface area (Å²) in [7, 11) is 0. The van der Waals surface area contributed by atoms with E-state index in [1.54, 1.807) is 0 Å². The molecule has 260 valence electrons. The van der Waals surface area contributed by atoms with E-state index in [0.29, 0.717) is 17.5 Å². The van der Waals surface area contributed by atoms with Gasteiger partial charge in [-0.25, -0.2) is 15.0 Å². The van der Waals surface area contributed by atoms with Crippen LogP contribution in [-0.4, -0.2) is 19.5 Å². The molecule has 9 aromatic carbocycles. The van der Waals surface area contributed by atoms with Gasteiger partial charge in [-0.15, -0.1) is 0 Å². The van der Waals surface area contributed by atoms with E-state index in [0.717, 1.165) is 87.7 Å². The quantitative estimate of drug-likeness (QED) is 0.170. The van der Waals surface area contributed by atoms with Crippen molar-refractivity contribution in [1.82, 2.24) is 19.5 Å². The van der Waals surface area contributed by atoms with Crippen molar-refractivity contribution in [3.05, 3.63) is 182 Å². The van der Waals surface area contributed by atoms with Crippen LogP contribution >= 0.6 is 0 Å². The number of para-hydroxylation sites is 2. The Bertz CT molecular complexity index is 3530. The van der Waals surface area contributed by atoms with Crippen LogP contribution in [0.5, 0.6) is 0 Å². The number of benzene rings is 9. The van der Waals surface area contributed by atoms with Crippen LogP contribution in [0.4, 0.5) is 0 Å². The first-order valence-electron chi connectivity index (χ1n) is 18.9. The Kier molecular flexibility index (Phi) is 6.56. The molecule has 0 aliphatic rings. The van der Waals surface area contributed by atoms with E-state index in [1.165, 1.54) is 10.8 Å². The Morgan fingerprint density at radius 2 is 1.00 bits per heavy atom. The van der Waals surface area contributed by atoms with Gasteiger partial charge in [0, 0.05) is 49.3 Å². The van der Waals surface area contributed by atoms with E-state index in [1.807, 2.05) is 18.2 Å². The van der Waals surface area contributed by atoms with Gasteiger partial charge in [0.15, 0.2) is 17.5 Å². The van der Waals surface area contributed by atoms with Crippen molar-refractivity contribution in [2.24, 2.45) is 0 Å². The number of aromatic nitrogens is 4. The van der Waals surface area contributed by atoms with E-state index in [2.05, 4.69) is 168 Å². The summed E-state index contributed by atoms with van der Waals surface area (Å²) in [6.07, 6.45) is 0. The maximum atomic E-state index is 6.93. The maximum Gasteiger partial charge on any atom is 0.164 e. The molecule has 0 unspecified atom stereocenters. The number of hydrogen-bond donors (Lipinski definition) is 0. The van der Waals surface area contributed by atoms with Crippen molar-refractivity contribution >= 4 is 76.1 Å². The van der Waals surface area contributed by atoms with E-state index < -0.39 is 0 Å². The van der Waals surface area contributed by atoms with Gasteiger partial charge in [-0.2, -0.15) is 0 Å². The van der Waals surface area contributed by atoms with Crippen molar-refractivity contribution in [2.45, 2.75) is 0 Å². The SMILES string of the molecule is c1ccc(-c2nc(-c3ccc4c5ccccc5n(-c5ccccc5)c4c3)nc(-c3cc4ccc5ccccc5c4c4oc5cc6ccccc6cc5c34)n2)cc1. The predicted molar refractivity (Wildman–Crippen MR) is 230 cm³/mol. The second-order valence-corrected chi connectivity index (χ2v) is 14.4. The van der Waals surface area contributed by atoms with Crippen LogP contribution in [0.2, 0.25) is 0 Å². The van der Waals surface area contributed by atoms with Crippen LogP contribution in [0.1, 0.15) is 0 Å². The van der Waals surface area contributed by atoms with Gasteiger partial charge < -0.3 is 8.98 Å². The number of fused-ring (bicyclic) bond motifs is 11. The summed E-state index contributed by atoms with van der Waals surface area (Å²) < 4.78 is 9.26. The molecule has 0 spiro atoms. The van der Waals surface area contributed by atoms with E-state index >= 15 is 0 Å². The van der Waals surface area contributed by atoms with Crippen molar-refractivity contribution < 1.29 is 4.42 Å². The fourth-order valence-corrected chi connectivity index (χ4v) is 8.60. The van der Waals surface area contributed by atoms with Gasteiger partial charge in [-0.05, 0) is 69.4 Å². The minimum atomic E-state index is 0.591. The lowest BCUT2D eigenvalue weighted by Crippen LogP contribution is -2.01. The molecule has 5 heteroatoms. The number of hydrogen-bond acceptors (Lipinski definition) is 4. The van der Waals surface area contributed by atoms with E-state index in [-0.39, 0.29) is 0 Å². The molecule has 0 fully saturated rings. The van der Waals surface area contributed by atoms with Crippen LogP contribution in [0.25, 0.3) is 116 Å². The Morgan fingerprint density at radius 3 is 1.82 bits per heavy atom. The van der Waals surface area contributed by atoms with Crippen molar-refractivity contribution in [3.63, 3.8) is 0 Å². The average molecular weight is 715 g/mol. The summed E-state index contributed by atoms with van der Waals surface area (Å²) in [5, 5.41) is 11.1. The second-order valence-electron chi connectivity index (χ2n) is 14.4. The summed E-state index contributed by atoms with van der Waals surface area (Å²) in [6.45, 7) is 0. The first kappa shape index (κ1) is 30.8. The van der Waals surface area contributed by atoms with Gasteiger partial charge in [0.25, 0.3) is 0 Å². The van der Waals surface area contributed by atoms with Crippen LogP contribution in [0.3, 0.4) is 0 Å². The molecule has 3 heterocycles. The molecule has 0 saturated carbocycles. The largest absolute Gasteiger partial charge is 0.455 e. The maximum absolute atomic E-state index is 6.93. The normalized spacial score (nSPS) is 11.9. The highest BCUT2D eigenvalue weighted by molar-refractivity contribution is 6.27. The minimum Gasteiger partial charge on any atom is -0.455 e. The average Bonchev–Trinajstić information content (AvgIpc) is 3.80. The van der Waals surface area contributed by atoms with Gasteiger partial charge in [0.2, 0.25) is 0 Å². The predicted octanol–water partition coefficient (Wildman–Crippen LogP) is 13.3. The third-order valence-corrected chi connectivity index (χ3v) is 11.2. The Hall–Kier alpha value is -7.63. The molecule has 0 aliphatic heterocycles. The number of furan rings is 1. The molecule has 0 aliphatic carbocycles. The van der Waals surface area contributed by atoms with Crippen molar-refractivity contribution in [3.8, 4) is 39.9 Å². The molecule has 0 atom stereocenters. The van der Waals surface area contributed by atoms with Gasteiger partial charge in [-0.1, -0.05) is 140 Å². The molecule has 3 aromatic heterocycles. The molecule has 5 nitrogen and oxygen atoms in total. The van der Waals surface area contributed by atoms with Crippen LogP contribution in [0.15, 0.2) is 186 Å². The molecular weight excluding hydrogens is 685 g/mol. The van der Waals surface area contributed by atoms with E-state index in [9.17, 15) is 0 Å². The third kappa shape index (κ3) is 4.64. The molecular formula is C51H30N4O. The molecule has 0 amide bonds. The number of nitrogens with zero attached hydrogens (tertiary/aromatic N) is 4. The van der Waals surface area contributed by atoms with Gasteiger partial charge in [0.05, 0.1) is 11.0 Å². The Labute approximate surface area is 320 Å². The zero-order valence-corrected chi connectivity index (χ0v) is 30.0. The lowest BCUT2D eigenvalue weighted by Gasteiger charge is -2.12. The van der Waals surface area contributed by atoms with E-state index in [4.69, 9.17) is 19.4 Å². The smallest absolute Gasteiger partial charge is 0.164 e. The lowest BCUT2D eigenvalue weighted by molar-refractivity contribution is 0.673. The van der Waals surface area contributed by atoms with Crippen molar-refractivity contribution in [1.29, 1.82) is 0 Å². The Morgan fingerprint density at radius 1 is 0.375 bits per heavy atom. The highest BCUT2D eigenvalue weighted by atomic mass is 16.3. The number of rotatable bonds is 4. The molecule has 0 bridgehead atoms. The highest BCUT2D eigenvalue weighted by Crippen LogP contribution is 2.44. The topological polar surface area (TPSA) is 56.7 Å². The molecule has 12 aromatic rings. The van der Waals surface area contributed by atoms with Crippen LogP contribution in [-0.2, 0) is 0 Å². The summed E-state index contributed by atoms with van der Waals surface area (Å²) in [5.41, 5.74) is 7.73. The summed E-state index contributed by atoms with van der Waals surface area (Å²) in [4.78, 5) is 15.8. The minimum absolute atomic E-state index is 0.591. The molecule has 0 N–H and O–H groups in total. The monoisotopic (exact) mass is 714 g/mol. The highest BCUT2D eigenvalue weighted by Gasteiger charge is 2.22. The van der Waals surface area contributed by atoms with Gasteiger partial charge in [0.1, 0.15) is 11.2 Å². The first-order chi connectivity index (χ1) is 27.7. The second kappa shape index (κ2) is 11.9. The summed E-state index contributed by atoms with van der Waals surface area (Å²) in [5.74, 6) is 1.80. The molecule has 0 radical (unpaired) electrons. The third-order valence-electron chi connectivity index (χ3n) is 11.2.